The Balaban J connectivity index is 1.76. The summed E-state index contributed by atoms with van der Waals surface area (Å²) in [6.07, 6.45) is 0. The van der Waals surface area contributed by atoms with Crippen LogP contribution in [0.4, 0.5) is 10.1 Å². The quantitative estimate of drug-likeness (QED) is 0.466. The molecule has 0 unspecified atom stereocenters. The molecule has 7 nitrogen and oxygen atoms in total. The average Bonchev–Trinajstić information content (AvgIpc) is 2.77. The molecule has 0 spiro atoms. The first kappa shape index (κ1) is 20.3. The third-order valence-electron chi connectivity index (χ3n) is 4.30. The Labute approximate surface area is 176 Å². The van der Waals surface area contributed by atoms with E-state index in [4.69, 9.17) is 4.42 Å². The number of hydrogen-bond donors (Lipinski definition) is 2. The van der Waals surface area contributed by atoms with Gasteiger partial charge in [0.2, 0.25) is 5.55 Å². The summed E-state index contributed by atoms with van der Waals surface area (Å²) in [6.45, 7) is 0. The largest absolute Gasteiger partial charge is 0.436 e. The van der Waals surface area contributed by atoms with Gasteiger partial charge in [0.15, 0.2) is 0 Å². The number of fused-ring (bicyclic) bond motifs is 1. The number of amides is 1. The van der Waals surface area contributed by atoms with Gasteiger partial charge in [-0.25, -0.2) is 4.39 Å². The van der Waals surface area contributed by atoms with Crippen LogP contribution < -0.4 is 15.7 Å². The summed E-state index contributed by atoms with van der Waals surface area (Å²) in [5.41, 5.74) is 0.363. The average molecular weight is 437 g/mol. The number of carbonyl (C=O) groups is 1. The summed E-state index contributed by atoms with van der Waals surface area (Å²) in [7, 11) is -3.98. The van der Waals surface area contributed by atoms with E-state index in [2.05, 4.69) is 15.2 Å². The zero-order chi connectivity index (χ0) is 21.8. The van der Waals surface area contributed by atoms with E-state index in [0.29, 0.717) is 11.0 Å². The predicted molar refractivity (Wildman–Crippen MR) is 113 cm³/mol. The van der Waals surface area contributed by atoms with Gasteiger partial charge in [0.05, 0.1) is 4.90 Å². The first-order valence-corrected chi connectivity index (χ1v) is 10.6. The van der Waals surface area contributed by atoms with Gasteiger partial charge in [-0.1, -0.05) is 42.5 Å². The lowest BCUT2D eigenvalue weighted by Crippen LogP contribution is -2.27. The summed E-state index contributed by atoms with van der Waals surface area (Å²) in [6, 6.07) is 21.4. The van der Waals surface area contributed by atoms with Gasteiger partial charge in [-0.2, -0.15) is 13.2 Å². The fraction of sp³-hybridized carbons (Fsp3) is 0. The van der Waals surface area contributed by atoms with Crippen LogP contribution in [0.2, 0.25) is 0 Å². The summed E-state index contributed by atoms with van der Waals surface area (Å²) < 4.78 is 44.1. The zero-order valence-electron chi connectivity index (χ0n) is 15.9. The van der Waals surface area contributed by atoms with Crippen molar-refractivity contribution in [3.8, 4) is 0 Å². The molecule has 0 aliphatic rings. The van der Waals surface area contributed by atoms with Crippen molar-refractivity contribution < 1.29 is 22.0 Å². The van der Waals surface area contributed by atoms with Gasteiger partial charge in [-0.05, 0) is 42.5 Å². The minimum Gasteiger partial charge on any atom is -0.436 e. The first-order chi connectivity index (χ1) is 14.9. The van der Waals surface area contributed by atoms with E-state index >= 15 is 0 Å². The van der Waals surface area contributed by atoms with Crippen LogP contribution in [-0.4, -0.2) is 14.3 Å². The molecule has 1 aromatic heterocycles. The molecule has 156 valence electrons. The Bertz CT molecular complexity index is 1430. The number of nitrogens with zero attached hydrogens (tertiary/aromatic N) is 1. The van der Waals surface area contributed by atoms with Crippen LogP contribution in [0.15, 0.2) is 99.3 Å². The molecule has 0 fully saturated rings. The second-order valence-electron chi connectivity index (χ2n) is 6.49. The molecule has 0 bridgehead atoms. The second-order valence-corrected chi connectivity index (χ2v) is 8.15. The molecule has 4 rings (SSSR count). The van der Waals surface area contributed by atoms with Gasteiger partial charge in [0.25, 0.3) is 15.9 Å². The van der Waals surface area contributed by atoms with Crippen LogP contribution in [-0.2, 0) is 10.0 Å². The Morgan fingerprint density at radius 1 is 0.903 bits per heavy atom. The number of benzene rings is 3. The molecular formula is C22H16FN3O4S. The van der Waals surface area contributed by atoms with Crippen molar-refractivity contribution in [1.29, 1.82) is 0 Å². The van der Waals surface area contributed by atoms with E-state index in [1.807, 2.05) is 0 Å². The van der Waals surface area contributed by atoms with E-state index < -0.39 is 21.7 Å². The highest BCUT2D eigenvalue weighted by Gasteiger charge is 2.16. The minimum absolute atomic E-state index is 0.00491. The van der Waals surface area contributed by atoms with Crippen molar-refractivity contribution in [2.75, 3.05) is 5.32 Å². The van der Waals surface area contributed by atoms with Crippen molar-refractivity contribution in [3.63, 3.8) is 0 Å². The summed E-state index contributed by atoms with van der Waals surface area (Å²) in [5, 5.41) is 7.01. The van der Waals surface area contributed by atoms with Gasteiger partial charge < -0.3 is 9.73 Å². The van der Waals surface area contributed by atoms with Gasteiger partial charge in [0.1, 0.15) is 17.0 Å². The molecule has 0 radical (unpaired) electrons. The van der Waals surface area contributed by atoms with Crippen molar-refractivity contribution in [2.24, 2.45) is 5.10 Å². The highest BCUT2D eigenvalue weighted by Crippen LogP contribution is 2.15. The van der Waals surface area contributed by atoms with Crippen molar-refractivity contribution in [1.82, 2.24) is 4.83 Å². The third-order valence-corrected chi connectivity index (χ3v) is 5.53. The maximum Gasteiger partial charge on any atom is 0.276 e. The molecule has 2 N–H and O–H groups in total. The summed E-state index contributed by atoms with van der Waals surface area (Å²) >= 11 is 0. The topological polar surface area (TPSA) is 101 Å². The van der Waals surface area contributed by atoms with Crippen molar-refractivity contribution >= 4 is 32.6 Å². The van der Waals surface area contributed by atoms with E-state index in [9.17, 15) is 17.6 Å². The summed E-state index contributed by atoms with van der Waals surface area (Å²) in [5.74, 6) is -1.15. The smallest absolute Gasteiger partial charge is 0.276 e. The van der Waals surface area contributed by atoms with Crippen LogP contribution in [0.25, 0.3) is 11.0 Å². The molecule has 1 amide bonds. The van der Waals surface area contributed by atoms with Crippen LogP contribution in [0.3, 0.4) is 0 Å². The summed E-state index contributed by atoms with van der Waals surface area (Å²) in [4.78, 5) is 14.9. The first-order valence-electron chi connectivity index (χ1n) is 9.13. The molecule has 3 aromatic carbocycles. The van der Waals surface area contributed by atoms with E-state index in [1.54, 1.807) is 42.5 Å². The molecule has 9 heteroatoms. The van der Waals surface area contributed by atoms with E-state index in [-0.39, 0.29) is 21.7 Å². The maximum atomic E-state index is 13.5. The van der Waals surface area contributed by atoms with Gasteiger partial charge in [-0.3, -0.25) is 4.79 Å². The Morgan fingerprint density at radius 3 is 2.42 bits per heavy atom. The van der Waals surface area contributed by atoms with Crippen LogP contribution in [0.1, 0.15) is 10.4 Å². The predicted octanol–water partition coefficient (Wildman–Crippen LogP) is 3.62. The van der Waals surface area contributed by atoms with Crippen molar-refractivity contribution in [2.45, 2.75) is 4.90 Å². The number of rotatable bonds is 5. The number of anilines is 1. The third kappa shape index (κ3) is 4.62. The second kappa shape index (κ2) is 8.41. The number of sulfonamides is 1. The Morgan fingerprint density at radius 2 is 1.65 bits per heavy atom. The number of halogens is 1. The molecular weight excluding hydrogens is 421 g/mol. The zero-order valence-corrected chi connectivity index (χ0v) is 16.8. The Hall–Kier alpha value is -3.98. The molecule has 0 aliphatic carbocycles. The van der Waals surface area contributed by atoms with Gasteiger partial charge in [0, 0.05) is 11.1 Å². The van der Waals surface area contributed by atoms with E-state index in [0.717, 1.165) is 6.07 Å². The lowest BCUT2D eigenvalue weighted by Gasteiger charge is -2.08. The van der Waals surface area contributed by atoms with E-state index in [1.165, 1.54) is 36.4 Å². The fourth-order valence-corrected chi connectivity index (χ4v) is 3.66. The lowest BCUT2D eigenvalue weighted by molar-refractivity contribution is 0.102. The molecule has 31 heavy (non-hydrogen) atoms. The molecule has 1 heterocycles. The maximum absolute atomic E-state index is 13.5. The standard InChI is InChI=1S/C22H16FN3O4S/c23-16-8-6-9-17(14-16)24-21(27)19-13-15-7-4-5-12-20(15)30-22(19)25-26-31(28,29)18-10-2-1-3-11-18/h1-14,26H,(H,24,27)/b25-22+. The monoisotopic (exact) mass is 437 g/mol. The van der Waals surface area contributed by atoms with Crippen LogP contribution >= 0.6 is 0 Å². The highest BCUT2D eigenvalue weighted by molar-refractivity contribution is 7.89. The number of hydrogen-bond acceptors (Lipinski definition) is 5. The van der Waals surface area contributed by atoms with Crippen LogP contribution in [0.5, 0.6) is 0 Å². The van der Waals surface area contributed by atoms with Crippen molar-refractivity contribution in [3.05, 3.63) is 102 Å². The molecule has 0 atom stereocenters. The molecule has 0 saturated carbocycles. The highest BCUT2D eigenvalue weighted by atomic mass is 32.2. The molecule has 0 aliphatic heterocycles. The number of para-hydroxylation sites is 1. The lowest BCUT2D eigenvalue weighted by atomic mass is 10.1. The minimum atomic E-state index is -3.98. The fourth-order valence-electron chi connectivity index (χ4n) is 2.83. The van der Waals surface area contributed by atoms with Gasteiger partial charge >= 0.3 is 0 Å². The normalized spacial score (nSPS) is 12.0. The number of carbonyl (C=O) groups excluding carboxylic acids is 1. The van der Waals surface area contributed by atoms with Gasteiger partial charge in [-0.15, -0.1) is 5.10 Å². The number of nitrogens with one attached hydrogen (secondary N) is 2. The van der Waals surface area contributed by atoms with Crippen LogP contribution in [0, 0.1) is 5.82 Å². The molecule has 4 aromatic rings. The SMILES string of the molecule is O=C(Nc1cccc(F)c1)c1cc2ccccc2o/c1=N/NS(=O)(=O)c1ccccc1. The Kier molecular flexibility index (Phi) is 5.50. The molecule has 0 saturated heterocycles.